The fraction of sp³-hybridized carbons (Fsp3) is 0.125. The molecule has 0 fully saturated rings. The van der Waals surface area contributed by atoms with Gasteiger partial charge in [0, 0.05) is 28.4 Å². The third kappa shape index (κ3) is 1.95. The van der Waals surface area contributed by atoms with E-state index in [1.807, 2.05) is 19.9 Å². The molecule has 0 aliphatic heterocycles. The van der Waals surface area contributed by atoms with E-state index < -0.39 is 5.97 Å². The van der Waals surface area contributed by atoms with Gasteiger partial charge >= 0.3 is 5.97 Å². The first-order valence-electron chi connectivity index (χ1n) is 6.35. The number of carboxylic acid groups (broad SMARTS) is 1. The Balaban J connectivity index is 2.20. The average molecular weight is 266 g/mol. The van der Waals surface area contributed by atoms with Crippen molar-refractivity contribution in [2.24, 2.45) is 0 Å². The second kappa shape index (κ2) is 4.49. The normalized spacial score (nSPS) is 10.9. The lowest BCUT2D eigenvalue weighted by Crippen LogP contribution is -1.97. The van der Waals surface area contributed by atoms with Crippen molar-refractivity contribution in [1.29, 1.82) is 0 Å². The van der Waals surface area contributed by atoms with E-state index in [1.165, 1.54) is 11.8 Å². The van der Waals surface area contributed by atoms with Crippen LogP contribution in [-0.2, 0) is 0 Å². The first-order valence-corrected chi connectivity index (χ1v) is 6.35. The van der Waals surface area contributed by atoms with Gasteiger partial charge in [-0.1, -0.05) is 11.6 Å². The maximum absolute atomic E-state index is 10.9. The van der Waals surface area contributed by atoms with Crippen molar-refractivity contribution >= 4 is 16.9 Å². The summed E-state index contributed by atoms with van der Waals surface area (Å²) >= 11 is 0. The molecule has 4 nitrogen and oxygen atoms in total. The molecule has 2 heterocycles. The molecule has 0 bridgehead atoms. The molecule has 0 unspecified atom stereocenters. The molecule has 0 spiro atoms. The lowest BCUT2D eigenvalue weighted by Gasteiger charge is -2.02. The van der Waals surface area contributed by atoms with Gasteiger partial charge in [-0.15, -0.1) is 0 Å². The quantitative estimate of drug-likeness (QED) is 0.745. The molecule has 0 aliphatic rings. The van der Waals surface area contributed by atoms with Gasteiger partial charge in [-0.05, 0) is 38.1 Å². The Hall–Kier alpha value is -2.62. The minimum atomic E-state index is -0.962. The summed E-state index contributed by atoms with van der Waals surface area (Å²) in [5, 5.41) is 10.0. The maximum atomic E-state index is 10.9. The molecule has 0 atom stereocenters. The zero-order chi connectivity index (χ0) is 14.3. The number of aromatic nitrogens is 2. The second-order valence-corrected chi connectivity index (χ2v) is 4.91. The minimum Gasteiger partial charge on any atom is -0.478 e. The number of aromatic carboxylic acids is 1. The van der Waals surface area contributed by atoms with Gasteiger partial charge in [-0.25, -0.2) is 4.79 Å². The molecule has 1 aromatic carbocycles. The Bertz CT molecular complexity index is 801. The molecule has 100 valence electrons. The van der Waals surface area contributed by atoms with E-state index in [0.717, 1.165) is 27.9 Å². The molecule has 2 aromatic heterocycles. The standard InChI is InChI=1S/C16H14N2O2/c1-9-3-5-13-12(7-9)15(10(2)18-13)14-6-4-11(8-17-14)16(19)20/h3-8,18H,1-2H3,(H,19,20). The summed E-state index contributed by atoms with van der Waals surface area (Å²) in [6.07, 6.45) is 1.39. The number of carboxylic acids is 1. The van der Waals surface area contributed by atoms with Crippen molar-refractivity contribution in [2.75, 3.05) is 0 Å². The van der Waals surface area contributed by atoms with Gasteiger partial charge in [0.2, 0.25) is 0 Å². The van der Waals surface area contributed by atoms with Crippen LogP contribution in [0.3, 0.4) is 0 Å². The fourth-order valence-electron chi connectivity index (χ4n) is 2.44. The highest BCUT2D eigenvalue weighted by Crippen LogP contribution is 2.31. The van der Waals surface area contributed by atoms with E-state index in [4.69, 9.17) is 5.11 Å². The minimum absolute atomic E-state index is 0.197. The molecule has 0 saturated carbocycles. The number of benzene rings is 1. The smallest absolute Gasteiger partial charge is 0.337 e. The number of carbonyl (C=O) groups is 1. The van der Waals surface area contributed by atoms with E-state index in [-0.39, 0.29) is 5.56 Å². The van der Waals surface area contributed by atoms with Crippen LogP contribution in [0, 0.1) is 13.8 Å². The number of H-pyrrole nitrogens is 1. The molecule has 2 N–H and O–H groups in total. The monoisotopic (exact) mass is 266 g/mol. The van der Waals surface area contributed by atoms with Crippen molar-refractivity contribution in [3.05, 3.63) is 53.3 Å². The van der Waals surface area contributed by atoms with Crippen LogP contribution in [0.25, 0.3) is 22.2 Å². The number of pyridine rings is 1. The Morgan fingerprint density at radius 2 is 2.00 bits per heavy atom. The Kier molecular flexibility index (Phi) is 2.79. The van der Waals surface area contributed by atoms with E-state index >= 15 is 0 Å². The van der Waals surface area contributed by atoms with Gasteiger partial charge in [0.1, 0.15) is 0 Å². The summed E-state index contributed by atoms with van der Waals surface area (Å²) in [7, 11) is 0. The van der Waals surface area contributed by atoms with Crippen molar-refractivity contribution in [3.8, 4) is 11.3 Å². The lowest BCUT2D eigenvalue weighted by molar-refractivity contribution is 0.0696. The van der Waals surface area contributed by atoms with Gasteiger partial charge in [0.25, 0.3) is 0 Å². The summed E-state index contributed by atoms with van der Waals surface area (Å²) in [6.45, 7) is 4.05. The van der Waals surface area contributed by atoms with E-state index in [0.29, 0.717) is 0 Å². The van der Waals surface area contributed by atoms with Crippen LogP contribution in [0.5, 0.6) is 0 Å². The highest BCUT2D eigenvalue weighted by Gasteiger charge is 2.12. The molecule has 20 heavy (non-hydrogen) atoms. The van der Waals surface area contributed by atoms with Crippen molar-refractivity contribution in [1.82, 2.24) is 9.97 Å². The second-order valence-electron chi connectivity index (χ2n) is 4.91. The molecular formula is C16H14N2O2. The average Bonchev–Trinajstić information content (AvgIpc) is 2.74. The van der Waals surface area contributed by atoms with Gasteiger partial charge in [-0.3, -0.25) is 4.98 Å². The SMILES string of the molecule is Cc1ccc2[nH]c(C)c(-c3ccc(C(=O)O)cn3)c2c1. The van der Waals surface area contributed by atoms with Crippen LogP contribution in [-0.4, -0.2) is 21.0 Å². The lowest BCUT2D eigenvalue weighted by atomic mass is 10.0. The topological polar surface area (TPSA) is 66.0 Å². The molecule has 0 radical (unpaired) electrons. The van der Waals surface area contributed by atoms with E-state index in [9.17, 15) is 4.79 Å². The van der Waals surface area contributed by atoms with Crippen molar-refractivity contribution in [2.45, 2.75) is 13.8 Å². The van der Waals surface area contributed by atoms with Crippen LogP contribution < -0.4 is 0 Å². The molecule has 4 heteroatoms. The first kappa shape index (κ1) is 12.4. The maximum Gasteiger partial charge on any atom is 0.337 e. The van der Waals surface area contributed by atoms with Crippen LogP contribution in [0.1, 0.15) is 21.6 Å². The molecule has 3 rings (SSSR count). The number of nitrogens with zero attached hydrogens (tertiary/aromatic N) is 1. The molecule has 0 saturated heterocycles. The number of aromatic amines is 1. The molecular weight excluding hydrogens is 252 g/mol. The highest BCUT2D eigenvalue weighted by molar-refractivity contribution is 5.97. The van der Waals surface area contributed by atoms with E-state index in [2.05, 4.69) is 22.1 Å². The van der Waals surface area contributed by atoms with Crippen LogP contribution in [0.15, 0.2) is 36.5 Å². The van der Waals surface area contributed by atoms with Crippen LogP contribution in [0.2, 0.25) is 0 Å². The predicted molar refractivity (Wildman–Crippen MR) is 78.0 cm³/mol. The van der Waals surface area contributed by atoms with Crippen LogP contribution >= 0.6 is 0 Å². The highest BCUT2D eigenvalue weighted by atomic mass is 16.4. The molecule has 3 aromatic rings. The number of nitrogens with one attached hydrogen (secondary N) is 1. The largest absolute Gasteiger partial charge is 0.478 e. The zero-order valence-corrected chi connectivity index (χ0v) is 11.3. The summed E-state index contributed by atoms with van der Waals surface area (Å²) in [4.78, 5) is 18.5. The van der Waals surface area contributed by atoms with Crippen molar-refractivity contribution in [3.63, 3.8) is 0 Å². The summed E-state index contributed by atoms with van der Waals surface area (Å²) in [5.74, 6) is -0.962. The number of aryl methyl sites for hydroxylation is 2. The molecule has 0 amide bonds. The number of hydrogen-bond donors (Lipinski definition) is 2. The van der Waals surface area contributed by atoms with Gasteiger partial charge < -0.3 is 10.1 Å². The molecule has 0 aliphatic carbocycles. The van der Waals surface area contributed by atoms with Crippen molar-refractivity contribution < 1.29 is 9.90 Å². The Morgan fingerprint density at radius 3 is 2.65 bits per heavy atom. The third-order valence-electron chi connectivity index (χ3n) is 3.41. The third-order valence-corrected chi connectivity index (χ3v) is 3.41. The number of fused-ring (bicyclic) bond motifs is 1. The number of hydrogen-bond acceptors (Lipinski definition) is 2. The van der Waals surface area contributed by atoms with Gasteiger partial charge in [-0.2, -0.15) is 0 Å². The van der Waals surface area contributed by atoms with Gasteiger partial charge in [0.05, 0.1) is 11.3 Å². The first-order chi connectivity index (χ1) is 9.56. The summed E-state index contributed by atoms with van der Waals surface area (Å²) in [5.41, 5.74) is 5.28. The zero-order valence-electron chi connectivity index (χ0n) is 11.3. The van der Waals surface area contributed by atoms with Gasteiger partial charge in [0.15, 0.2) is 0 Å². The summed E-state index contributed by atoms with van der Waals surface area (Å²) < 4.78 is 0. The Morgan fingerprint density at radius 1 is 1.20 bits per heavy atom. The fourth-order valence-corrected chi connectivity index (χ4v) is 2.44. The number of rotatable bonds is 2. The predicted octanol–water partition coefficient (Wildman–Crippen LogP) is 3.54. The Labute approximate surface area is 116 Å². The van der Waals surface area contributed by atoms with E-state index in [1.54, 1.807) is 12.1 Å². The van der Waals surface area contributed by atoms with Crippen LogP contribution in [0.4, 0.5) is 0 Å². The summed E-state index contributed by atoms with van der Waals surface area (Å²) in [6, 6.07) is 9.55.